The van der Waals surface area contributed by atoms with Crippen LogP contribution in [0, 0.1) is 11.6 Å². The molecule has 0 amide bonds. The normalized spacial score (nSPS) is 11.3. The maximum absolute atomic E-state index is 13.8. The Balaban J connectivity index is 2.91. The van der Waals surface area contributed by atoms with Crippen LogP contribution in [-0.2, 0) is 0 Å². The van der Waals surface area contributed by atoms with Crippen LogP contribution < -0.4 is 5.32 Å². The van der Waals surface area contributed by atoms with Gasteiger partial charge in [0.25, 0.3) is 0 Å². The quantitative estimate of drug-likeness (QED) is 0.829. The van der Waals surface area contributed by atoms with E-state index in [0.717, 1.165) is 11.8 Å². The Bertz CT molecular complexity index is 612. The molecule has 0 radical (unpaired) electrons. The van der Waals surface area contributed by atoms with E-state index in [4.69, 9.17) is 0 Å². The number of nitrogens with one attached hydrogen (secondary N) is 1. The van der Waals surface area contributed by atoms with E-state index in [1.54, 1.807) is 7.05 Å². The van der Waals surface area contributed by atoms with Crippen molar-refractivity contribution in [3.63, 3.8) is 0 Å². The molecule has 0 aliphatic rings. The highest BCUT2D eigenvalue weighted by Gasteiger charge is 2.17. The van der Waals surface area contributed by atoms with Gasteiger partial charge in [0.2, 0.25) is 0 Å². The summed E-state index contributed by atoms with van der Waals surface area (Å²) in [4.78, 5) is 4.27. The maximum atomic E-state index is 13.8. The Kier molecular flexibility index (Phi) is 3.52. The molecule has 0 bridgehead atoms. The Morgan fingerprint density at radius 1 is 1.22 bits per heavy atom. The topological polar surface area (TPSA) is 24.9 Å². The molecule has 18 heavy (non-hydrogen) atoms. The minimum Gasteiger partial charge on any atom is -0.387 e. The summed E-state index contributed by atoms with van der Waals surface area (Å²) in [5, 5.41) is 3.39. The first-order valence-electron chi connectivity index (χ1n) is 5.61. The van der Waals surface area contributed by atoms with Crippen LogP contribution in [0.2, 0.25) is 0 Å². The zero-order valence-corrected chi connectivity index (χ0v) is 11.9. The summed E-state index contributed by atoms with van der Waals surface area (Å²) in [5.74, 6) is -1.11. The van der Waals surface area contributed by atoms with Crippen molar-refractivity contribution < 1.29 is 8.78 Å². The van der Waals surface area contributed by atoms with Crippen LogP contribution in [0.15, 0.2) is 16.6 Å². The second-order valence-corrected chi connectivity index (χ2v) is 5.17. The highest BCUT2D eigenvalue weighted by Crippen LogP contribution is 2.35. The van der Waals surface area contributed by atoms with Gasteiger partial charge in [0.1, 0.15) is 11.3 Å². The van der Waals surface area contributed by atoms with E-state index in [-0.39, 0.29) is 15.9 Å². The number of halogens is 3. The molecule has 0 aliphatic heterocycles. The van der Waals surface area contributed by atoms with Crippen LogP contribution in [0.3, 0.4) is 0 Å². The SMILES string of the molecule is CNc1cc(C(C)C)nc2c(F)cc(F)c(Br)c12. The monoisotopic (exact) mass is 314 g/mol. The third kappa shape index (κ3) is 2.07. The zero-order valence-electron chi connectivity index (χ0n) is 10.3. The van der Waals surface area contributed by atoms with Crippen molar-refractivity contribution >= 4 is 32.5 Å². The van der Waals surface area contributed by atoms with Gasteiger partial charge in [-0.05, 0) is 27.9 Å². The molecule has 0 saturated heterocycles. The van der Waals surface area contributed by atoms with Crippen LogP contribution in [0.1, 0.15) is 25.5 Å². The van der Waals surface area contributed by atoms with Gasteiger partial charge in [0.15, 0.2) is 5.82 Å². The van der Waals surface area contributed by atoms with Gasteiger partial charge < -0.3 is 5.32 Å². The lowest BCUT2D eigenvalue weighted by atomic mass is 10.1. The van der Waals surface area contributed by atoms with Crippen LogP contribution in [0.25, 0.3) is 10.9 Å². The van der Waals surface area contributed by atoms with Crippen molar-refractivity contribution in [1.29, 1.82) is 0 Å². The molecule has 0 aliphatic carbocycles. The Morgan fingerprint density at radius 3 is 2.44 bits per heavy atom. The molecule has 1 N–H and O–H groups in total. The second-order valence-electron chi connectivity index (χ2n) is 4.38. The van der Waals surface area contributed by atoms with E-state index >= 15 is 0 Å². The van der Waals surface area contributed by atoms with Gasteiger partial charge in [-0.2, -0.15) is 0 Å². The zero-order chi connectivity index (χ0) is 13.4. The van der Waals surface area contributed by atoms with Gasteiger partial charge in [-0.3, -0.25) is 0 Å². The summed E-state index contributed by atoms with van der Waals surface area (Å²) in [5.41, 5.74) is 1.61. The molecular formula is C13H13BrF2N2. The Labute approximate surface area is 113 Å². The second kappa shape index (κ2) is 4.80. The van der Waals surface area contributed by atoms with Crippen LogP contribution >= 0.6 is 15.9 Å². The highest BCUT2D eigenvalue weighted by atomic mass is 79.9. The average Bonchev–Trinajstić information content (AvgIpc) is 2.34. The molecule has 0 atom stereocenters. The van der Waals surface area contributed by atoms with E-state index in [2.05, 4.69) is 26.2 Å². The maximum Gasteiger partial charge on any atom is 0.152 e. The summed E-state index contributed by atoms with van der Waals surface area (Å²) in [7, 11) is 1.72. The molecule has 96 valence electrons. The van der Waals surface area contributed by atoms with Gasteiger partial charge in [-0.15, -0.1) is 0 Å². The Hall–Kier alpha value is -1.23. The minimum absolute atomic E-state index is 0.171. The molecule has 0 saturated carbocycles. The number of anilines is 1. The molecule has 1 aromatic heterocycles. The number of hydrogen-bond donors (Lipinski definition) is 1. The fourth-order valence-electron chi connectivity index (χ4n) is 1.82. The number of benzene rings is 1. The molecular weight excluding hydrogens is 302 g/mol. The van der Waals surface area contributed by atoms with Gasteiger partial charge in [0, 0.05) is 29.9 Å². The van der Waals surface area contributed by atoms with E-state index in [9.17, 15) is 8.78 Å². The summed E-state index contributed by atoms with van der Waals surface area (Å²) in [6.45, 7) is 3.95. The summed E-state index contributed by atoms with van der Waals surface area (Å²) < 4.78 is 27.6. The molecule has 5 heteroatoms. The van der Waals surface area contributed by atoms with E-state index in [1.807, 2.05) is 19.9 Å². The van der Waals surface area contributed by atoms with Crippen molar-refractivity contribution in [1.82, 2.24) is 4.98 Å². The smallest absolute Gasteiger partial charge is 0.152 e. The fraction of sp³-hybridized carbons (Fsp3) is 0.308. The first-order chi connectivity index (χ1) is 8.45. The number of nitrogens with zero attached hydrogens (tertiary/aromatic N) is 1. The van der Waals surface area contributed by atoms with Gasteiger partial charge in [-0.25, -0.2) is 13.8 Å². The van der Waals surface area contributed by atoms with Gasteiger partial charge in [-0.1, -0.05) is 13.8 Å². The fourth-order valence-corrected chi connectivity index (χ4v) is 2.33. The molecule has 2 aromatic rings. The number of rotatable bonds is 2. The largest absolute Gasteiger partial charge is 0.387 e. The first-order valence-corrected chi connectivity index (χ1v) is 6.41. The Morgan fingerprint density at radius 2 is 1.89 bits per heavy atom. The van der Waals surface area contributed by atoms with E-state index < -0.39 is 11.6 Å². The number of fused-ring (bicyclic) bond motifs is 1. The molecule has 2 nitrogen and oxygen atoms in total. The molecule has 1 aromatic carbocycles. The van der Waals surface area contributed by atoms with Crippen LogP contribution in [0.4, 0.5) is 14.5 Å². The summed E-state index contributed by atoms with van der Waals surface area (Å²) in [6, 6.07) is 2.67. The lowest BCUT2D eigenvalue weighted by Crippen LogP contribution is -2.01. The number of aromatic nitrogens is 1. The van der Waals surface area contributed by atoms with Crippen molar-refractivity contribution in [2.24, 2.45) is 0 Å². The van der Waals surface area contributed by atoms with E-state index in [0.29, 0.717) is 11.1 Å². The standard InChI is InChI=1S/C13H13BrF2N2/c1-6(2)9-5-10(17-3)11-12(14)7(15)4-8(16)13(11)18-9/h4-6H,1-3H3,(H,17,18). The molecule has 0 unspecified atom stereocenters. The lowest BCUT2D eigenvalue weighted by Gasteiger charge is -2.13. The summed E-state index contributed by atoms with van der Waals surface area (Å²) >= 11 is 3.15. The molecule has 0 fully saturated rings. The number of hydrogen-bond acceptors (Lipinski definition) is 2. The summed E-state index contributed by atoms with van der Waals surface area (Å²) in [6.07, 6.45) is 0. The van der Waals surface area contributed by atoms with Gasteiger partial charge >= 0.3 is 0 Å². The van der Waals surface area contributed by atoms with E-state index in [1.165, 1.54) is 0 Å². The van der Waals surface area contributed by atoms with Crippen LogP contribution in [0.5, 0.6) is 0 Å². The highest BCUT2D eigenvalue weighted by molar-refractivity contribution is 9.10. The molecule has 1 heterocycles. The lowest BCUT2D eigenvalue weighted by molar-refractivity contribution is 0.586. The number of pyridine rings is 1. The molecule has 2 rings (SSSR count). The van der Waals surface area contributed by atoms with Crippen molar-refractivity contribution in [2.45, 2.75) is 19.8 Å². The third-order valence-electron chi connectivity index (χ3n) is 2.81. The third-order valence-corrected chi connectivity index (χ3v) is 3.58. The van der Waals surface area contributed by atoms with Crippen molar-refractivity contribution in [2.75, 3.05) is 12.4 Å². The van der Waals surface area contributed by atoms with Gasteiger partial charge in [0.05, 0.1) is 4.47 Å². The first kappa shape index (κ1) is 13.2. The predicted octanol–water partition coefficient (Wildman–Crippen LogP) is 4.44. The minimum atomic E-state index is -0.648. The predicted molar refractivity (Wildman–Crippen MR) is 73.0 cm³/mol. The average molecular weight is 315 g/mol. The molecule has 0 spiro atoms. The van der Waals surface area contributed by atoms with Crippen molar-refractivity contribution in [3.05, 3.63) is 33.9 Å². The van der Waals surface area contributed by atoms with Crippen LogP contribution in [-0.4, -0.2) is 12.0 Å². The van der Waals surface area contributed by atoms with Crippen molar-refractivity contribution in [3.8, 4) is 0 Å².